The molecule has 2 fully saturated rings. The summed E-state index contributed by atoms with van der Waals surface area (Å²) in [6.07, 6.45) is 2.19. The molecule has 3 amide bonds. The summed E-state index contributed by atoms with van der Waals surface area (Å²) in [5.74, 6) is 0.179. The van der Waals surface area contributed by atoms with E-state index in [4.69, 9.17) is 4.74 Å². The molecule has 84 valence electrons. The molecule has 0 bridgehead atoms. The summed E-state index contributed by atoms with van der Waals surface area (Å²) in [6.45, 7) is 3.69. The predicted molar refractivity (Wildman–Crippen MR) is 53.2 cm³/mol. The summed E-state index contributed by atoms with van der Waals surface area (Å²) in [5, 5.41) is 2.28. The van der Waals surface area contributed by atoms with Crippen molar-refractivity contribution in [3.05, 3.63) is 0 Å². The highest BCUT2D eigenvalue weighted by molar-refractivity contribution is 6.01. The molecular formula is C10H16N2O3. The summed E-state index contributed by atoms with van der Waals surface area (Å²) in [5.41, 5.74) is 0. The maximum absolute atomic E-state index is 11.3. The van der Waals surface area contributed by atoms with E-state index in [0.29, 0.717) is 12.5 Å². The lowest BCUT2D eigenvalue weighted by Crippen LogP contribution is -2.35. The van der Waals surface area contributed by atoms with E-state index in [2.05, 4.69) is 12.2 Å². The lowest BCUT2D eigenvalue weighted by molar-refractivity contribution is -0.118. The third-order valence-corrected chi connectivity index (χ3v) is 3.07. The highest BCUT2D eigenvalue weighted by Gasteiger charge is 2.33. The van der Waals surface area contributed by atoms with Crippen LogP contribution in [0, 0.1) is 5.92 Å². The van der Waals surface area contributed by atoms with E-state index >= 15 is 0 Å². The zero-order valence-electron chi connectivity index (χ0n) is 8.86. The minimum absolute atomic E-state index is 0.200. The van der Waals surface area contributed by atoms with Gasteiger partial charge in [-0.15, -0.1) is 0 Å². The van der Waals surface area contributed by atoms with Gasteiger partial charge in [-0.1, -0.05) is 6.92 Å². The van der Waals surface area contributed by atoms with Crippen LogP contribution < -0.4 is 5.32 Å². The molecule has 0 aromatic carbocycles. The van der Waals surface area contributed by atoms with Gasteiger partial charge in [-0.3, -0.25) is 10.1 Å². The van der Waals surface area contributed by atoms with E-state index in [0.717, 1.165) is 19.4 Å². The molecule has 0 aliphatic carbocycles. The first-order chi connectivity index (χ1) is 7.20. The molecule has 2 aliphatic heterocycles. The highest BCUT2D eigenvalue weighted by Crippen LogP contribution is 2.24. The van der Waals surface area contributed by atoms with Crippen LogP contribution >= 0.6 is 0 Å². The van der Waals surface area contributed by atoms with E-state index in [1.54, 1.807) is 4.90 Å². The predicted octanol–water partition coefficient (Wildman–Crippen LogP) is 0.353. The van der Waals surface area contributed by atoms with Crippen LogP contribution in [0.1, 0.15) is 19.8 Å². The summed E-state index contributed by atoms with van der Waals surface area (Å²) >= 11 is 0. The van der Waals surface area contributed by atoms with Gasteiger partial charge < -0.3 is 9.64 Å². The lowest BCUT2D eigenvalue weighted by Gasteiger charge is -2.21. The Balaban J connectivity index is 1.91. The molecule has 2 rings (SSSR count). The van der Waals surface area contributed by atoms with Gasteiger partial charge in [0.2, 0.25) is 5.91 Å². The number of hydrogen-bond donors (Lipinski definition) is 1. The van der Waals surface area contributed by atoms with Crippen LogP contribution in [0.2, 0.25) is 0 Å². The molecule has 2 heterocycles. The second kappa shape index (κ2) is 4.18. The molecule has 0 spiro atoms. The van der Waals surface area contributed by atoms with Crippen LogP contribution in [0.25, 0.3) is 0 Å². The van der Waals surface area contributed by atoms with E-state index < -0.39 is 0 Å². The Hall–Kier alpha value is -1.10. The van der Waals surface area contributed by atoms with Gasteiger partial charge >= 0.3 is 6.03 Å². The fourth-order valence-corrected chi connectivity index (χ4v) is 2.27. The molecule has 2 saturated heterocycles. The number of rotatable bonds is 3. The van der Waals surface area contributed by atoms with E-state index in [1.165, 1.54) is 0 Å². The first-order valence-corrected chi connectivity index (χ1v) is 5.41. The van der Waals surface area contributed by atoms with Crippen LogP contribution in [0.5, 0.6) is 0 Å². The third-order valence-electron chi connectivity index (χ3n) is 3.07. The van der Waals surface area contributed by atoms with Crippen LogP contribution in [-0.2, 0) is 9.53 Å². The number of nitrogens with zero attached hydrogens (tertiary/aromatic N) is 1. The number of nitrogens with one attached hydrogen (secondary N) is 1. The Labute approximate surface area is 88.8 Å². The number of amides is 3. The van der Waals surface area contributed by atoms with Crippen molar-refractivity contribution in [2.45, 2.75) is 25.9 Å². The number of imide groups is 1. The smallest absolute Gasteiger partial charge is 0.324 e. The second-order valence-corrected chi connectivity index (χ2v) is 4.10. The topological polar surface area (TPSA) is 58.6 Å². The van der Waals surface area contributed by atoms with Crippen LogP contribution in [-0.4, -0.2) is 42.6 Å². The zero-order valence-corrected chi connectivity index (χ0v) is 8.86. The van der Waals surface area contributed by atoms with Crippen molar-refractivity contribution >= 4 is 11.9 Å². The maximum atomic E-state index is 11.3. The van der Waals surface area contributed by atoms with Gasteiger partial charge in [-0.2, -0.15) is 0 Å². The van der Waals surface area contributed by atoms with Crippen molar-refractivity contribution in [3.63, 3.8) is 0 Å². The van der Waals surface area contributed by atoms with Crippen molar-refractivity contribution in [2.24, 2.45) is 5.92 Å². The van der Waals surface area contributed by atoms with Crippen LogP contribution in [0.4, 0.5) is 4.79 Å². The molecular weight excluding hydrogens is 196 g/mol. The van der Waals surface area contributed by atoms with Gasteiger partial charge in [0.05, 0.1) is 6.10 Å². The third kappa shape index (κ3) is 2.12. The van der Waals surface area contributed by atoms with Gasteiger partial charge in [0.25, 0.3) is 0 Å². The average Bonchev–Trinajstić information content (AvgIpc) is 2.74. The number of hydrogen-bond acceptors (Lipinski definition) is 3. The van der Waals surface area contributed by atoms with Gasteiger partial charge in [0.15, 0.2) is 0 Å². The SMILES string of the molecule is CCC1OCCC1CN1CC(=O)NC1=O. The lowest BCUT2D eigenvalue weighted by atomic mass is 9.99. The van der Waals surface area contributed by atoms with Crippen molar-refractivity contribution < 1.29 is 14.3 Å². The Bertz CT molecular complexity index is 280. The van der Waals surface area contributed by atoms with Gasteiger partial charge in [0.1, 0.15) is 6.54 Å². The van der Waals surface area contributed by atoms with Gasteiger partial charge in [-0.25, -0.2) is 4.79 Å². The Morgan fingerprint density at radius 1 is 1.53 bits per heavy atom. The number of carbonyl (C=O) groups is 2. The van der Waals surface area contributed by atoms with Crippen molar-refractivity contribution in [1.82, 2.24) is 10.2 Å². The molecule has 5 heteroatoms. The fourth-order valence-electron chi connectivity index (χ4n) is 2.27. The largest absolute Gasteiger partial charge is 0.378 e. The Morgan fingerprint density at radius 2 is 2.33 bits per heavy atom. The molecule has 0 aromatic rings. The van der Waals surface area contributed by atoms with Crippen LogP contribution in [0.3, 0.4) is 0 Å². The Morgan fingerprint density at radius 3 is 2.93 bits per heavy atom. The number of ether oxygens (including phenoxy) is 1. The average molecular weight is 212 g/mol. The van der Waals surface area contributed by atoms with Crippen molar-refractivity contribution in [3.8, 4) is 0 Å². The fraction of sp³-hybridized carbons (Fsp3) is 0.800. The molecule has 5 nitrogen and oxygen atoms in total. The summed E-state index contributed by atoms with van der Waals surface area (Å²) in [4.78, 5) is 23.9. The minimum Gasteiger partial charge on any atom is -0.378 e. The Kier molecular flexibility index (Phi) is 2.90. The van der Waals surface area contributed by atoms with Crippen LogP contribution in [0.15, 0.2) is 0 Å². The van der Waals surface area contributed by atoms with Gasteiger partial charge in [-0.05, 0) is 12.8 Å². The molecule has 0 radical (unpaired) electrons. The molecule has 0 saturated carbocycles. The standard InChI is InChI=1S/C10H16N2O3/c1-2-8-7(3-4-15-8)5-12-6-9(13)11-10(12)14/h7-8H,2-6H2,1H3,(H,11,13,14). The number of carbonyl (C=O) groups excluding carboxylic acids is 2. The minimum atomic E-state index is -0.262. The first-order valence-electron chi connectivity index (χ1n) is 5.41. The zero-order chi connectivity index (χ0) is 10.8. The molecule has 15 heavy (non-hydrogen) atoms. The van der Waals surface area contributed by atoms with E-state index in [9.17, 15) is 9.59 Å². The normalized spacial score (nSPS) is 31.1. The molecule has 1 N–H and O–H groups in total. The second-order valence-electron chi connectivity index (χ2n) is 4.10. The maximum Gasteiger partial charge on any atom is 0.324 e. The molecule has 2 atom stereocenters. The molecule has 2 unspecified atom stereocenters. The van der Waals surface area contributed by atoms with E-state index in [1.807, 2.05) is 0 Å². The summed E-state index contributed by atoms with van der Waals surface area (Å²) < 4.78 is 5.54. The molecule has 2 aliphatic rings. The van der Waals surface area contributed by atoms with Gasteiger partial charge in [0, 0.05) is 19.1 Å². The first kappa shape index (κ1) is 10.4. The van der Waals surface area contributed by atoms with Crippen molar-refractivity contribution in [1.29, 1.82) is 0 Å². The van der Waals surface area contributed by atoms with E-state index in [-0.39, 0.29) is 24.6 Å². The monoisotopic (exact) mass is 212 g/mol. The highest BCUT2D eigenvalue weighted by atomic mass is 16.5. The van der Waals surface area contributed by atoms with Crippen molar-refractivity contribution in [2.75, 3.05) is 19.7 Å². The number of urea groups is 1. The summed E-state index contributed by atoms with van der Waals surface area (Å²) in [7, 11) is 0. The summed E-state index contributed by atoms with van der Waals surface area (Å²) in [6, 6.07) is -0.262. The quantitative estimate of drug-likeness (QED) is 0.687. The molecule has 0 aromatic heterocycles.